The third-order valence-corrected chi connectivity index (χ3v) is 3.43. The molecule has 2 aromatic rings. The predicted molar refractivity (Wildman–Crippen MR) is 77.4 cm³/mol. The number of hydrogen-bond acceptors (Lipinski definition) is 4. The van der Waals surface area contributed by atoms with Crippen LogP contribution >= 0.6 is 31.9 Å². The molecule has 0 bridgehead atoms. The minimum Gasteiger partial charge on any atom is -0.483 e. The summed E-state index contributed by atoms with van der Waals surface area (Å²) in [6.07, 6.45) is 0. The van der Waals surface area contributed by atoms with E-state index >= 15 is 0 Å². The van der Waals surface area contributed by atoms with Crippen LogP contribution in [0, 0.1) is 6.92 Å². The first-order valence-electron chi connectivity index (χ1n) is 5.23. The molecule has 4 nitrogen and oxygen atoms in total. The molecule has 2 rings (SSSR count). The quantitative estimate of drug-likeness (QED) is 0.895. The number of anilines is 1. The standard InChI is InChI=1S/C12H11Br2N3O/c1-7-5-10(15)17-11(16-7)6-18-12-8(13)3-2-4-9(12)14/h2-5H,6H2,1H3,(H2,15,16,17). The van der Waals surface area contributed by atoms with Gasteiger partial charge >= 0.3 is 0 Å². The molecule has 0 aliphatic carbocycles. The summed E-state index contributed by atoms with van der Waals surface area (Å²) in [4.78, 5) is 8.38. The number of nitrogen functional groups attached to an aromatic ring is 1. The van der Waals surface area contributed by atoms with Gasteiger partial charge in [-0.1, -0.05) is 6.07 Å². The maximum atomic E-state index is 5.69. The Morgan fingerprint density at radius 3 is 2.50 bits per heavy atom. The Hall–Kier alpha value is -1.14. The summed E-state index contributed by atoms with van der Waals surface area (Å²) in [6, 6.07) is 7.46. The van der Waals surface area contributed by atoms with Crippen LogP contribution in [0.2, 0.25) is 0 Å². The van der Waals surface area contributed by atoms with Crippen LogP contribution in [0.25, 0.3) is 0 Å². The van der Waals surface area contributed by atoms with Crippen molar-refractivity contribution in [3.63, 3.8) is 0 Å². The largest absolute Gasteiger partial charge is 0.483 e. The highest BCUT2D eigenvalue weighted by Gasteiger charge is 2.07. The Kier molecular flexibility index (Phi) is 4.19. The minimum absolute atomic E-state index is 0.271. The van der Waals surface area contributed by atoms with Gasteiger partial charge in [-0.3, -0.25) is 0 Å². The van der Waals surface area contributed by atoms with Gasteiger partial charge < -0.3 is 10.5 Å². The predicted octanol–water partition coefficient (Wildman–Crippen LogP) is 3.47. The highest BCUT2D eigenvalue weighted by atomic mass is 79.9. The maximum absolute atomic E-state index is 5.69. The topological polar surface area (TPSA) is 61.0 Å². The first-order chi connectivity index (χ1) is 8.56. The lowest BCUT2D eigenvalue weighted by atomic mass is 10.3. The molecule has 1 aromatic carbocycles. The molecule has 0 amide bonds. The average Bonchev–Trinajstić information content (AvgIpc) is 2.27. The van der Waals surface area contributed by atoms with E-state index in [2.05, 4.69) is 41.8 Å². The van der Waals surface area contributed by atoms with Crippen molar-refractivity contribution in [3.8, 4) is 5.75 Å². The zero-order valence-corrected chi connectivity index (χ0v) is 12.8. The van der Waals surface area contributed by atoms with E-state index in [1.165, 1.54) is 0 Å². The summed E-state index contributed by atoms with van der Waals surface area (Å²) in [6.45, 7) is 2.14. The van der Waals surface area contributed by atoms with Crippen LogP contribution < -0.4 is 10.5 Å². The first kappa shape index (κ1) is 13.3. The number of aromatic nitrogens is 2. The molecule has 0 spiro atoms. The Balaban J connectivity index is 2.16. The second kappa shape index (κ2) is 5.67. The third-order valence-electron chi connectivity index (χ3n) is 2.18. The normalized spacial score (nSPS) is 10.4. The van der Waals surface area contributed by atoms with E-state index in [1.807, 2.05) is 25.1 Å². The molecule has 0 saturated carbocycles. The van der Waals surface area contributed by atoms with Crippen LogP contribution in [-0.2, 0) is 6.61 Å². The van der Waals surface area contributed by atoms with E-state index in [4.69, 9.17) is 10.5 Å². The highest BCUT2D eigenvalue weighted by molar-refractivity contribution is 9.11. The van der Waals surface area contributed by atoms with Gasteiger partial charge in [-0.15, -0.1) is 0 Å². The SMILES string of the molecule is Cc1cc(N)nc(COc2c(Br)cccc2Br)n1. The van der Waals surface area contributed by atoms with Gasteiger partial charge in [-0.2, -0.15) is 0 Å². The van der Waals surface area contributed by atoms with Crippen LogP contribution in [0.4, 0.5) is 5.82 Å². The zero-order chi connectivity index (χ0) is 13.1. The first-order valence-corrected chi connectivity index (χ1v) is 6.81. The van der Waals surface area contributed by atoms with Crippen molar-refractivity contribution in [2.75, 3.05) is 5.73 Å². The zero-order valence-electron chi connectivity index (χ0n) is 9.65. The van der Waals surface area contributed by atoms with Crippen molar-refractivity contribution in [3.05, 3.63) is 44.7 Å². The van der Waals surface area contributed by atoms with E-state index in [0.717, 1.165) is 20.4 Å². The van der Waals surface area contributed by atoms with Crippen LogP contribution in [0.1, 0.15) is 11.5 Å². The number of nitrogens with two attached hydrogens (primary N) is 1. The molecule has 0 radical (unpaired) electrons. The smallest absolute Gasteiger partial charge is 0.168 e. The molecule has 0 atom stereocenters. The molecule has 0 saturated heterocycles. The van der Waals surface area contributed by atoms with Gasteiger partial charge in [0.05, 0.1) is 8.95 Å². The van der Waals surface area contributed by atoms with Crippen LogP contribution in [0.15, 0.2) is 33.2 Å². The van der Waals surface area contributed by atoms with Crippen molar-refractivity contribution < 1.29 is 4.74 Å². The van der Waals surface area contributed by atoms with Crippen molar-refractivity contribution >= 4 is 37.7 Å². The fraction of sp³-hybridized carbons (Fsp3) is 0.167. The Bertz CT molecular complexity index is 535. The summed E-state index contributed by atoms with van der Waals surface area (Å²) < 4.78 is 7.43. The van der Waals surface area contributed by atoms with E-state index in [0.29, 0.717) is 11.6 Å². The number of rotatable bonds is 3. The van der Waals surface area contributed by atoms with E-state index in [1.54, 1.807) is 6.07 Å². The van der Waals surface area contributed by atoms with Crippen molar-refractivity contribution in [2.45, 2.75) is 13.5 Å². The molecule has 0 unspecified atom stereocenters. The molecule has 6 heteroatoms. The number of hydrogen-bond donors (Lipinski definition) is 1. The summed E-state index contributed by atoms with van der Waals surface area (Å²) >= 11 is 6.86. The number of para-hydroxylation sites is 1. The Morgan fingerprint density at radius 1 is 1.22 bits per heavy atom. The second-order valence-corrected chi connectivity index (χ2v) is 5.40. The molecule has 2 N–H and O–H groups in total. The fourth-order valence-electron chi connectivity index (χ4n) is 1.48. The van der Waals surface area contributed by atoms with Gasteiger partial charge in [-0.25, -0.2) is 9.97 Å². The van der Waals surface area contributed by atoms with Gasteiger partial charge in [0.15, 0.2) is 5.82 Å². The molecule has 1 aromatic heterocycles. The third kappa shape index (κ3) is 3.20. The van der Waals surface area contributed by atoms with E-state index in [9.17, 15) is 0 Å². The van der Waals surface area contributed by atoms with Crippen molar-refractivity contribution in [1.29, 1.82) is 0 Å². The van der Waals surface area contributed by atoms with E-state index in [-0.39, 0.29) is 6.61 Å². The highest BCUT2D eigenvalue weighted by Crippen LogP contribution is 2.33. The second-order valence-electron chi connectivity index (χ2n) is 3.69. The van der Waals surface area contributed by atoms with Crippen molar-refractivity contribution in [1.82, 2.24) is 9.97 Å². The van der Waals surface area contributed by atoms with Crippen LogP contribution in [0.3, 0.4) is 0 Å². The molecule has 18 heavy (non-hydrogen) atoms. The average molecular weight is 373 g/mol. The molecule has 0 aliphatic rings. The van der Waals surface area contributed by atoms with Gasteiger partial charge in [0.25, 0.3) is 0 Å². The summed E-state index contributed by atoms with van der Waals surface area (Å²) in [5, 5.41) is 0. The number of benzene rings is 1. The summed E-state index contributed by atoms with van der Waals surface area (Å²) in [7, 11) is 0. The lowest BCUT2D eigenvalue weighted by Gasteiger charge is -2.09. The van der Waals surface area contributed by atoms with Crippen LogP contribution in [-0.4, -0.2) is 9.97 Å². The molecular weight excluding hydrogens is 362 g/mol. The fourth-order valence-corrected chi connectivity index (χ4v) is 2.71. The number of aryl methyl sites for hydroxylation is 1. The number of ether oxygens (including phenoxy) is 1. The van der Waals surface area contributed by atoms with Gasteiger partial charge in [-0.05, 0) is 50.9 Å². The molecule has 0 aliphatic heterocycles. The molecule has 94 valence electrons. The molecule has 1 heterocycles. The van der Waals surface area contributed by atoms with Crippen molar-refractivity contribution in [2.24, 2.45) is 0 Å². The maximum Gasteiger partial charge on any atom is 0.168 e. The Morgan fingerprint density at radius 2 is 1.89 bits per heavy atom. The lowest BCUT2D eigenvalue weighted by Crippen LogP contribution is -2.05. The molecular formula is C12H11Br2N3O. The lowest BCUT2D eigenvalue weighted by molar-refractivity contribution is 0.292. The monoisotopic (exact) mass is 371 g/mol. The summed E-state index contributed by atoms with van der Waals surface area (Å²) in [5.74, 6) is 1.74. The number of halogens is 2. The van der Waals surface area contributed by atoms with Gasteiger partial charge in [0, 0.05) is 11.8 Å². The number of nitrogens with zero attached hydrogens (tertiary/aromatic N) is 2. The van der Waals surface area contributed by atoms with Gasteiger partial charge in [0.2, 0.25) is 0 Å². The minimum atomic E-state index is 0.271. The van der Waals surface area contributed by atoms with E-state index < -0.39 is 0 Å². The van der Waals surface area contributed by atoms with Gasteiger partial charge in [0.1, 0.15) is 18.2 Å². The summed E-state index contributed by atoms with van der Waals surface area (Å²) in [5.41, 5.74) is 6.49. The Labute approximate surface area is 122 Å². The van der Waals surface area contributed by atoms with Crippen LogP contribution in [0.5, 0.6) is 5.75 Å². The molecule has 0 fully saturated rings.